The third kappa shape index (κ3) is 5.42. The highest BCUT2D eigenvalue weighted by molar-refractivity contribution is 7.21. The van der Waals surface area contributed by atoms with Gasteiger partial charge in [0.1, 0.15) is 18.2 Å². The number of hydrogen-bond donors (Lipinski definition) is 1. The fourth-order valence-electron chi connectivity index (χ4n) is 3.82. The van der Waals surface area contributed by atoms with Gasteiger partial charge in [-0.25, -0.2) is 4.39 Å². The first-order chi connectivity index (χ1) is 15.1. The molecular weight excluding hydrogens is 413 g/mol. The minimum Gasteiger partial charge on any atom is -0.489 e. The fraction of sp³-hybridized carbons (Fsp3) is 0.375. The van der Waals surface area contributed by atoms with Gasteiger partial charge in [-0.05, 0) is 44.3 Å². The van der Waals surface area contributed by atoms with E-state index in [1.165, 1.54) is 17.4 Å². The van der Waals surface area contributed by atoms with Crippen LogP contribution in [-0.4, -0.2) is 62.0 Å². The van der Waals surface area contributed by atoms with Crippen LogP contribution in [0.1, 0.15) is 21.7 Å². The molecular formula is C24H28FN3O2S. The Morgan fingerprint density at radius 2 is 1.87 bits per heavy atom. The molecule has 2 aromatic carbocycles. The van der Waals surface area contributed by atoms with E-state index in [-0.39, 0.29) is 18.3 Å². The first kappa shape index (κ1) is 21.7. The molecule has 1 fully saturated rings. The predicted molar refractivity (Wildman–Crippen MR) is 123 cm³/mol. The topological polar surface area (TPSA) is 44.8 Å². The molecule has 2 heterocycles. The Morgan fingerprint density at radius 3 is 2.65 bits per heavy atom. The summed E-state index contributed by atoms with van der Waals surface area (Å²) in [5, 5.41) is 3.50. The van der Waals surface area contributed by atoms with Gasteiger partial charge in [-0.1, -0.05) is 24.3 Å². The molecule has 7 heteroatoms. The van der Waals surface area contributed by atoms with Gasteiger partial charge < -0.3 is 19.9 Å². The van der Waals surface area contributed by atoms with Crippen LogP contribution in [0.25, 0.3) is 10.1 Å². The number of para-hydroxylation sites is 1. The van der Waals surface area contributed by atoms with Crippen LogP contribution >= 0.6 is 11.3 Å². The van der Waals surface area contributed by atoms with Gasteiger partial charge in [-0.3, -0.25) is 4.79 Å². The first-order valence-corrected chi connectivity index (χ1v) is 11.5. The number of rotatable bonds is 8. The smallest absolute Gasteiger partial charge is 0.261 e. The van der Waals surface area contributed by atoms with E-state index in [0.717, 1.165) is 43.8 Å². The van der Waals surface area contributed by atoms with Gasteiger partial charge in [0.15, 0.2) is 0 Å². The second-order valence-corrected chi connectivity index (χ2v) is 8.93. The number of halogens is 1. The highest BCUT2D eigenvalue weighted by Gasteiger charge is 2.21. The number of fused-ring (bicyclic) bond motifs is 1. The molecule has 1 N–H and O–H groups in total. The summed E-state index contributed by atoms with van der Waals surface area (Å²) < 4.78 is 21.2. The summed E-state index contributed by atoms with van der Waals surface area (Å²) >= 11 is 1.32. The van der Waals surface area contributed by atoms with E-state index in [1.54, 1.807) is 6.07 Å². The molecule has 31 heavy (non-hydrogen) atoms. The van der Waals surface area contributed by atoms with E-state index in [0.29, 0.717) is 28.1 Å². The maximum Gasteiger partial charge on any atom is 0.261 e. The van der Waals surface area contributed by atoms with Crippen molar-refractivity contribution in [3.63, 3.8) is 0 Å². The van der Waals surface area contributed by atoms with E-state index in [9.17, 15) is 9.18 Å². The number of nitrogens with one attached hydrogen (secondary N) is 1. The Balaban J connectivity index is 1.42. The number of nitrogens with zero attached hydrogens (tertiary/aromatic N) is 2. The Labute approximate surface area is 186 Å². The van der Waals surface area contributed by atoms with Crippen LogP contribution in [0.15, 0.2) is 48.5 Å². The largest absolute Gasteiger partial charge is 0.489 e. The van der Waals surface area contributed by atoms with Crippen molar-refractivity contribution in [3.8, 4) is 5.75 Å². The van der Waals surface area contributed by atoms with Crippen molar-refractivity contribution in [2.45, 2.75) is 13.0 Å². The minimum absolute atomic E-state index is 0.148. The average Bonchev–Trinajstić information content (AvgIpc) is 3.17. The van der Waals surface area contributed by atoms with Crippen LogP contribution in [0.3, 0.4) is 0 Å². The number of amides is 1. The second-order valence-electron chi connectivity index (χ2n) is 7.88. The van der Waals surface area contributed by atoms with Gasteiger partial charge in [0, 0.05) is 48.4 Å². The van der Waals surface area contributed by atoms with Crippen molar-refractivity contribution in [2.24, 2.45) is 0 Å². The zero-order chi connectivity index (χ0) is 21.6. The van der Waals surface area contributed by atoms with Crippen molar-refractivity contribution in [2.75, 3.05) is 46.3 Å². The van der Waals surface area contributed by atoms with Crippen molar-refractivity contribution in [1.82, 2.24) is 15.1 Å². The van der Waals surface area contributed by atoms with Gasteiger partial charge in [0.25, 0.3) is 5.91 Å². The maximum atomic E-state index is 14.6. The third-order valence-corrected chi connectivity index (χ3v) is 6.82. The van der Waals surface area contributed by atoms with Gasteiger partial charge in [0.2, 0.25) is 0 Å². The van der Waals surface area contributed by atoms with E-state index in [4.69, 9.17) is 4.74 Å². The van der Waals surface area contributed by atoms with Crippen LogP contribution in [0.4, 0.5) is 4.39 Å². The maximum absolute atomic E-state index is 14.6. The molecule has 3 aromatic rings. The normalized spacial score (nSPS) is 15.3. The molecule has 0 atom stereocenters. The molecule has 0 radical (unpaired) electrons. The molecule has 1 amide bonds. The molecule has 0 unspecified atom stereocenters. The monoisotopic (exact) mass is 441 g/mol. The van der Waals surface area contributed by atoms with Crippen LogP contribution < -0.4 is 10.1 Å². The van der Waals surface area contributed by atoms with Crippen LogP contribution in [0.5, 0.6) is 5.75 Å². The summed E-state index contributed by atoms with van der Waals surface area (Å²) in [6.45, 7) is 6.03. The Hall–Kier alpha value is -2.48. The first-order valence-electron chi connectivity index (χ1n) is 10.7. The molecule has 1 aromatic heterocycles. The van der Waals surface area contributed by atoms with Gasteiger partial charge in [0.05, 0.1) is 4.88 Å². The summed E-state index contributed by atoms with van der Waals surface area (Å²) in [6, 6.07) is 14.3. The number of carbonyl (C=O) groups excluding carboxylic acids is 1. The molecule has 0 spiro atoms. The highest BCUT2D eigenvalue weighted by atomic mass is 32.1. The summed E-state index contributed by atoms with van der Waals surface area (Å²) in [5.41, 5.74) is 0.610. The molecule has 1 aliphatic heterocycles. The lowest BCUT2D eigenvalue weighted by Crippen LogP contribution is -2.45. The lowest BCUT2D eigenvalue weighted by Gasteiger charge is -2.32. The highest BCUT2D eigenvalue weighted by Crippen LogP contribution is 2.34. The quantitative estimate of drug-likeness (QED) is 0.537. The second kappa shape index (κ2) is 10.2. The molecule has 0 bridgehead atoms. The molecule has 1 saturated heterocycles. The molecule has 164 valence electrons. The Morgan fingerprint density at radius 1 is 1.10 bits per heavy atom. The molecule has 1 aliphatic rings. The predicted octanol–water partition coefficient (Wildman–Crippen LogP) is 3.99. The van der Waals surface area contributed by atoms with E-state index in [1.807, 2.05) is 36.4 Å². The van der Waals surface area contributed by atoms with E-state index in [2.05, 4.69) is 22.2 Å². The van der Waals surface area contributed by atoms with Gasteiger partial charge in [-0.15, -0.1) is 11.3 Å². The summed E-state index contributed by atoms with van der Waals surface area (Å²) in [5.74, 6) is 0.205. The number of thiophene rings is 1. The van der Waals surface area contributed by atoms with E-state index < -0.39 is 0 Å². The lowest BCUT2D eigenvalue weighted by molar-refractivity contribution is 0.0951. The number of carbonyl (C=O) groups is 1. The fourth-order valence-corrected chi connectivity index (χ4v) is 4.96. The number of benzene rings is 2. The molecule has 0 saturated carbocycles. The van der Waals surface area contributed by atoms with Crippen molar-refractivity contribution >= 4 is 27.3 Å². The standard InChI is InChI=1S/C24H28FN3O2S/c1-27-13-15-28(16-14-27)12-6-11-26-24(29)23-19(17-30-18-7-3-2-4-8-18)22-20(25)9-5-10-21(22)31-23/h2-5,7-10H,6,11-17H2,1H3,(H,26,29). The Kier molecular flexibility index (Phi) is 7.17. The average molecular weight is 442 g/mol. The number of likely N-dealkylation sites (N-methyl/N-ethyl adjacent to an activating group) is 1. The minimum atomic E-state index is -0.325. The Bertz CT molecular complexity index is 1020. The van der Waals surface area contributed by atoms with Crippen molar-refractivity contribution in [1.29, 1.82) is 0 Å². The summed E-state index contributed by atoms with van der Waals surface area (Å²) in [7, 11) is 2.14. The zero-order valence-electron chi connectivity index (χ0n) is 17.8. The summed E-state index contributed by atoms with van der Waals surface area (Å²) in [4.78, 5) is 18.2. The molecule has 4 rings (SSSR count). The molecule has 0 aliphatic carbocycles. The number of hydrogen-bond acceptors (Lipinski definition) is 5. The SMILES string of the molecule is CN1CCN(CCCNC(=O)c2sc3cccc(F)c3c2COc2ccccc2)CC1. The number of ether oxygens (including phenoxy) is 1. The number of piperazine rings is 1. The summed E-state index contributed by atoms with van der Waals surface area (Å²) in [6.07, 6.45) is 0.893. The van der Waals surface area contributed by atoms with Crippen LogP contribution in [-0.2, 0) is 6.61 Å². The van der Waals surface area contributed by atoms with Gasteiger partial charge >= 0.3 is 0 Å². The zero-order valence-corrected chi connectivity index (χ0v) is 18.6. The van der Waals surface area contributed by atoms with Crippen molar-refractivity contribution < 1.29 is 13.9 Å². The van der Waals surface area contributed by atoms with E-state index >= 15 is 0 Å². The van der Waals surface area contributed by atoms with Crippen molar-refractivity contribution in [3.05, 3.63) is 64.8 Å². The third-order valence-electron chi connectivity index (χ3n) is 5.63. The van der Waals surface area contributed by atoms with Gasteiger partial charge in [-0.2, -0.15) is 0 Å². The lowest BCUT2D eigenvalue weighted by atomic mass is 10.1. The molecule has 5 nitrogen and oxygen atoms in total. The van der Waals surface area contributed by atoms with Crippen LogP contribution in [0.2, 0.25) is 0 Å². The van der Waals surface area contributed by atoms with Crippen LogP contribution in [0, 0.1) is 5.82 Å².